The zero-order valence-corrected chi connectivity index (χ0v) is 25.2. The molecule has 1 fully saturated rings. The fourth-order valence-corrected chi connectivity index (χ4v) is 7.40. The van der Waals surface area contributed by atoms with Crippen molar-refractivity contribution in [3.8, 4) is 5.75 Å². The molecule has 0 aliphatic carbocycles. The molecule has 0 bridgehead atoms. The van der Waals surface area contributed by atoms with Crippen LogP contribution in [0.3, 0.4) is 0 Å². The zero-order chi connectivity index (χ0) is 29.4. The van der Waals surface area contributed by atoms with Crippen molar-refractivity contribution in [3.63, 3.8) is 0 Å². The van der Waals surface area contributed by atoms with Crippen molar-refractivity contribution in [1.29, 1.82) is 0 Å². The lowest BCUT2D eigenvalue weighted by atomic mass is 10.1. The van der Waals surface area contributed by atoms with Crippen LogP contribution in [-0.2, 0) is 9.53 Å². The quantitative estimate of drug-likeness (QED) is 0.0536. The van der Waals surface area contributed by atoms with Crippen molar-refractivity contribution in [1.82, 2.24) is 0 Å². The smallest absolute Gasteiger partial charge is 0.305 e. The van der Waals surface area contributed by atoms with Crippen LogP contribution in [0, 0.1) is 0 Å². The van der Waals surface area contributed by atoms with Gasteiger partial charge in [-0.1, -0.05) is 113 Å². The van der Waals surface area contributed by atoms with Gasteiger partial charge in [0, 0.05) is 40.5 Å². The number of esters is 1. The van der Waals surface area contributed by atoms with Crippen molar-refractivity contribution >= 4 is 64.4 Å². The van der Waals surface area contributed by atoms with Crippen LogP contribution in [0.1, 0.15) is 81.5 Å². The molecule has 1 unspecified atom stereocenters. The molecule has 1 heterocycles. The molecular weight excluding hydrogens is 565 g/mol. The number of benzene rings is 3. The van der Waals surface area contributed by atoms with Crippen LogP contribution in [0.2, 0.25) is 0 Å². The van der Waals surface area contributed by atoms with E-state index in [0.29, 0.717) is 37.2 Å². The zero-order valence-electron chi connectivity index (χ0n) is 23.6. The van der Waals surface area contributed by atoms with E-state index in [4.69, 9.17) is 9.47 Å². The largest absolute Gasteiger partial charge is 0.493 e. The van der Waals surface area contributed by atoms with Crippen molar-refractivity contribution in [2.24, 2.45) is 0 Å². The van der Waals surface area contributed by atoms with Gasteiger partial charge >= 0.3 is 5.97 Å². The number of unbranched alkanes of at least 4 members (excludes halogenated alkanes) is 1. The molecule has 42 heavy (non-hydrogen) atoms. The van der Waals surface area contributed by atoms with E-state index in [1.165, 1.54) is 18.6 Å². The molecule has 0 N–H and O–H groups in total. The van der Waals surface area contributed by atoms with Gasteiger partial charge in [0.1, 0.15) is 18.3 Å². The Morgan fingerprint density at radius 3 is 2.00 bits per heavy atom. The highest BCUT2D eigenvalue weighted by atomic mass is 33.1. The summed E-state index contributed by atoms with van der Waals surface area (Å²) in [6.45, 7) is 0.748. The molecule has 3 aromatic rings. The first-order valence-corrected chi connectivity index (χ1v) is 16.7. The Morgan fingerprint density at radius 2 is 1.36 bits per heavy atom. The van der Waals surface area contributed by atoms with E-state index in [-0.39, 0.29) is 5.97 Å². The highest BCUT2D eigenvalue weighted by Gasteiger charge is 2.16. The average Bonchev–Trinajstić information content (AvgIpc) is 3.55. The Kier molecular flexibility index (Phi) is 13.0. The van der Waals surface area contributed by atoms with Crippen molar-refractivity contribution < 1.29 is 23.9 Å². The molecule has 4 rings (SSSR count). The molecule has 1 aliphatic heterocycles. The number of carbonyl (C=O) groups excluding carboxylic acids is 3. The van der Waals surface area contributed by atoms with Gasteiger partial charge in [-0.05, 0) is 42.0 Å². The second-order valence-electron chi connectivity index (χ2n) is 10.0. The molecule has 5 nitrogen and oxygen atoms in total. The van der Waals surface area contributed by atoms with E-state index >= 15 is 0 Å². The molecule has 7 heteroatoms. The second-order valence-corrected chi connectivity index (χ2v) is 12.8. The minimum atomic E-state index is -0.138. The first-order chi connectivity index (χ1) is 20.6. The summed E-state index contributed by atoms with van der Waals surface area (Å²) in [7, 11) is 3.94. The maximum atomic E-state index is 12.1. The van der Waals surface area contributed by atoms with Gasteiger partial charge in [-0.15, -0.1) is 0 Å². The van der Waals surface area contributed by atoms with E-state index in [2.05, 4.69) is 0 Å². The van der Waals surface area contributed by atoms with Crippen LogP contribution >= 0.6 is 21.6 Å². The molecule has 0 aromatic heterocycles. The average molecular weight is 601 g/mol. The summed E-state index contributed by atoms with van der Waals surface area (Å²) in [5.74, 6) is 1.83. The molecule has 0 amide bonds. The van der Waals surface area contributed by atoms with E-state index < -0.39 is 0 Å². The SMILES string of the molecule is O=Cc1ccc(/C=C/c2ccc(/C=C/c3ccc(C=O)cc3)c(OCCCOC(=O)CCCCC3CCSS3)c2)cc1. The van der Waals surface area contributed by atoms with Crippen LogP contribution in [0.25, 0.3) is 24.3 Å². The van der Waals surface area contributed by atoms with E-state index in [0.717, 1.165) is 58.7 Å². The summed E-state index contributed by atoms with van der Waals surface area (Å²) in [5, 5.41) is 0.745. The highest BCUT2D eigenvalue weighted by molar-refractivity contribution is 8.77. The molecule has 1 aliphatic rings. The summed E-state index contributed by atoms with van der Waals surface area (Å²) in [4.78, 5) is 34.0. The van der Waals surface area contributed by atoms with Gasteiger partial charge in [0.2, 0.25) is 0 Å². The number of carbonyl (C=O) groups is 3. The number of aldehydes is 2. The summed E-state index contributed by atoms with van der Waals surface area (Å²) < 4.78 is 11.6. The molecule has 3 aromatic carbocycles. The summed E-state index contributed by atoms with van der Waals surface area (Å²) in [5.41, 5.74) is 5.13. The first-order valence-electron chi connectivity index (χ1n) is 14.3. The Balaban J connectivity index is 1.31. The third kappa shape index (κ3) is 10.7. The predicted octanol–water partition coefficient (Wildman–Crippen LogP) is 8.68. The van der Waals surface area contributed by atoms with E-state index in [1.807, 2.05) is 88.4 Å². The molecule has 0 saturated carbocycles. The van der Waals surface area contributed by atoms with Crippen LogP contribution in [-0.4, -0.2) is 42.8 Å². The van der Waals surface area contributed by atoms with Gasteiger partial charge in [0.15, 0.2) is 0 Å². The summed E-state index contributed by atoms with van der Waals surface area (Å²) in [6.07, 6.45) is 15.1. The Bertz CT molecular complexity index is 1360. The molecule has 0 radical (unpaired) electrons. The van der Waals surface area contributed by atoms with Crippen LogP contribution in [0.5, 0.6) is 5.75 Å². The minimum Gasteiger partial charge on any atom is -0.493 e. The number of ether oxygens (including phenoxy) is 2. The lowest BCUT2D eigenvalue weighted by Crippen LogP contribution is -2.09. The fraction of sp³-hybridized carbons (Fsp3) is 0.286. The van der Waals surface area contributed by atoms with Gasteiger partial charge in [-0.2, -0.15) is 0 Å². The first kappa shape index (κ1) is 31.4. The Hall–Kier alpha value is -3.55. The maximum absolute atomic E-state index is 12.1. The van der Waals surface area contributed by atoms with Crippen LogP contribution in [0.15, 0.2) is 66.7 Å². The maximum Gasteiger partial charge on any atom is 0.305 e. The summed E-state index contributed by atoms with van der Waals surface area (Å²) in [6, 6.07) is 20.8. The van der Waals surface area contributed by atoms with Crippen LogP contribution < -0.4 is 4.74 Å². The van der Waals surface area contributed by atoms with Crippen molar-refractivity contribution in [2.45, 2.75) is 43.8 Å². The van der Waals surface area contributed by atoms with Gasteiger partial charge < -0.3 is 9.47 Å². The van der Waals surface area contributed by atoms with Gasteiger partial charge in [-0.25, -0.2) is 0 Å². The van der Waals surface area contributed by atoms with E-state index in [9.17, 15) is 14.4 Å². The van der Waals surface area contributed by atoms with E-state index in [1.54, 1.807) is 24.3 Å². The van der Waals surface area contributed by atoms with Crippen LogP contribution in [0.4, 0.5) is 0 Å². The number of rotatable bonds is 16. The van der Waals surface area contributed by atoms with Gasteiger partial charge in [-0.3, -0.25) is 14.4 Å². The normalized spacial score (nSPS) is 14.8. The Labute approximate surface area is 256 Å². The third-order valence-corrected chi connectivity index (χ3v) is 9.81. The monoisotopic (exact) mass is 600 g/mol. The minimum absolute atomic E-state index is 0.138. The standard InChI is InChI=1S/C35H36O5S2/c36-25-30-12-7-27(8-13-30)6-11-29-17-19-32(18-16-28-9-14-31(26-37)15-10-28)34(24-29)39-21-3-22-40-35(38)5-2-1-4-33-20-23-41-42-33/h6-19,24-26,33H,1-5,20-23H2/b11-6+,18-16+. The van der Waals surface area contributed by atoms with Crippen molar-refractivity contribution in [3.05, 3.63) is 100 Å². The Morgan fingerprint density at radius 1 is 0.738 bits per heavy atom. The lowest BCUT2D eigenvalue weighted by Gasteiger charge is -2.11. The second kappa shape index (κ2) is 17.4. The topological polar surface area (TPSA) is 69.7 Å². The molecule has 1 atom stereocenters. The van der Waals surface area contributed by atoms with Gasteiger partial charge in [0.25, 0.3) is 0 Å². The fourth-order valence-electron chi connectivity index (χ4n) is 4.37. The number of hydrogen-bond acceptors (Lipinski definition) is 7. The molecule has 1 saturated heterocycles. The molecule has 0 spiro atoms. The summed E-state index contributed by atoms with van der Waals surface area (Å²) >= 11 is 0. The predicted molar refractivity (Wildman–Crippen MR) is 176 cm³/mol. The number of hydrogen-bond donors (Lipinski definition) is 0. The molecular formula is C35H36O5S2. The third-order valence-electron chi connectivity index (χ3n) is 6.80. The lowest BCUT2D eigenvalue weighted by molar-refractivity contribution is -0.144. The van der Waals surface area contributed by atoms with Crippen molar-refractivity contribution in [2.75, 3.05) is 19.0 Å². The molecule has 218 valence electrons. The highest BCUT2D eigenvalue weighted by Crippen LogP contribution is 2.39. The van der Waals surface area contributed by atoms with Gasteiger partial charge in [0.05, 0.1) is 13.2 Å².